The van der Waals surface area contributed by atoms with Crippen LogP contribution in [0.15, 0.2) is 24.3 Å². The number of hydrogen-bond donors (Lipinski definition) is 2. The number of piperidine rings is 1. The summed E-state index contributed by atoms with van der Waals surface area (Å²) in [6.07, 6.45) is 1.79. The van der Waals surface area contributed by atoms with Gasteiger partial charge in [-0.25, -0.2) is 4.79 Å². The van der Waals surface area contributed by atoms with Crippen molar-refractivity contribution in [1.29, 1.82) is 0 Å². The van der Waals surface area contributed by atoms with Crippen molar-refractivity contribution >= 4 is 34.4 Å². The van der Waals surface area contributed by atoms with Crippen molar-refractivity contribution in [3.63, 3.8) is 0 Å². The fourth-order valence-corrected chi connectivity index (χ4v) is 4.27. The summed E-state index contributed by atoms with van der Waals surface area (Å²) in [7, 11) is 1.80. The Kier molecular flexibility index (Phi) is 5.44. The molecule has 0 aliphatic carbocycles. The van der Waals surface area contributed by atoms with Gasteiger partial charge < -0.3 is 24.8 Å². The third-order valence-corrected chi connectivity index (χ3v) is 6.21. The maximum atomic E-state index is 12.8. The van der Waals surface area contributed by atoms with E-state index < -0.39 is 5.41 Å². The number of fused-ring (bicyclic) bond motifs is 1. The number of benzene rings is 1. The van der Waals surface area contributed by atoms with E-state index in [0.717, 1.165) is 36.0 Å². The quantitative estimate of drug-likeness (QED) is 0.801. The molecule has 2 N–H and O–H groups in total. The average Bonchev–Trinajstić information content (AvgIpc) is 3.11. The number of likely N-dealkylation sites (tertiary alicyclic amines) is 1. The van der Waals surface area contributed by atoms with Crippen molar-refractivity contribution in [2.75, 3.05) is 33.4 Å². The summed E-state index contributed by atoms with van der Waals surface area (Å²) >= 11 is 6.03. The highest BCUT2D eigenvalue weighted by Gasteiger charge is 2.44. The Morgan fingerprint density at radius 3 is 2.90 bits per heavy atom. The van der Waals surface area contributed by atoms with Gasteiger partial charge in [-0.3, -0.25) is 4.79 Å². The lowest BCUT2D eigenvalue weighted by atomic mass is 9.86. The van der Waals surface area contributed by atoms with E-state index in [1.165, 1.54) is 0 Å². The number of carbonyl (C=O) groups excluding carboxylic acids is 2. The number of likely N-dealkylation sites (N-methyl/N-ethyl adjacent to an activating group) is 1. The number of carbonyl (C=O) groups is 2. The van der Waals surface area contributed by atoms with E-state index in [4.69, 9.17) is 16.3 Å². The van der Waals surface area contributed by atoms with Gasteiger partial charge in [-0.2, -0.15) is 0 Å². The van der Waals surface area contributed by atoms with Gasteiger partial charge >= 0.3 is 6.03 Å². The molecule has 2 fully saturated rings. The Hall–Kier alpha value is -2.25. The van der Waals surface area contributed by atoms with Crippen molar-refractivity contribution in [1.82, 2.24) is 20.1 Å². The molecule has 156 valence electrons. The van der Waals surface area contributed by atoms with E-state index in [9.17, 15) is 9.59 Å². The number of hydrogen-bond acceptors (Lipinski definition) is 3. The number of aromatic nitrogens is 1. The molecular formula is C21H27ClN4O3. The summed E-state index contributed by atoms with van der Waals surface area (Å²) in [5.74, 6) is 0.138. The number of ether oxygens (including phenoxy) is 1. The molecule has 0 saturated carbocycles. The first-order valence-corrected chi connectivity index (χ1v) is 10.4. The van der Waals surface area contributed by atoms with Crippen molar-refractivity contribution < 1.29 is 14.3 Å². The van der Waals surface area contributed by atoms with Crippen molar-refractivity contribution in [3.05, 3.63) is 35.0 Å². The molecule has 0 spiro atoms. The SMILES string of the molecule is CN(C(=O)NCc1cc2cc(Cl)ccc2[nH]1)[C@@H]1CCCN(C(=O)C2(C)COC2)C1. The minimum Gasteiger partial charge on any atom is -0.379 e. The molecule has 1 atom stereocenters. The topological polar surface area (TPSA) is 77.7 Å². The summed E-state index contributed by atoms with van der Waals surface area (Å²) in [6.45, 7) is 4.64. The zero-order chi connectivity index (χ0) is 20.6. The standard InChI is InChI=1S/C21H27ClN4O3/c1-21(12-29-13-21)19(27)26-7-3-4-17(11-26)25(2)20(28)23-10-16-9-14-8-15(22)5-6-18(14)24-16/h5-6,8-9,17,24H,3-4,7,10-13H2,1-2H3,(H,23,28)/t17-/m1/s1. The first kappa shape index (κ1) is 20.0. The van der Waals surface area contributed by atoms with Crippen molar-refractivity contribution in [2.45, 2.75) is 32.4 Å². The molecule has 2 aliphatic rings. The highest BCUT2D eigenvalue weighted by Crippen LogP contribution is 2.30. The molecule has 1 aromatic carbocycles. The monoisotopic (exact) mass is 418 g/mol. The van der Waals surface area contributed by atoms with Crippen LogP contribution >= 0.6 is 11.6 Å². The number of nitrogens with one attached hydrogen (secondary N) is 2. The minimum absolute atomic E-state index is 0.0128. The van der Waals surface area contributed by atoms with Gasteiger partial charge in [-0.1, -0.05) is 11.6 Å². The first-order valence-electron chi connectivity index (χ1n) is 10.0. The molecular weight excluding hydrogens is 392 g/mol. The van der Waals surface area contributed by atoms with Crippen LogP contribution in [0.25, 0.3) is 10.9 Å². The summed E-state index contributed by atoms with van der Waals surface area (Å²) in [4.78, 5) is 32.4. The molecule has 7 nitrogen and oxygen atoms in total. The van der Waals surface area contributed by atoms with Crippen molar-refractivity contribution in [3.8, 4) is 0 Å². The van der Waals surface area contributed by atoms with Crippen LogP contribution in [0.1, 0.15) is 25.5 Å². The zero-order valence-electron chi connectivity index (χ0n) is 16.8. The molecule has 2 saturated heterocycles. The number of halogens is 1. The van der Waals surface area contributed by atoms with E-state index in [0.29, 0.717) is 31.3 Å². The number of urea groups is 1. The molecule has 1 aromatic heterocycles. The molecule has 0 unspecified atom stereocenters. The number of H-pyrrole nitrogens is 1. The van der Waals surface area contributed by atoms with Gasteiger partial charge in [0, 0.05) is 41.8 Å². The van der Waals surface area contributed by atoms with Gasteiger partial charge in [0.25, 0.3) is 0 Å². The molecule has 0 radical (unpaired) electrons. The van der Waals surface area contributed by atoms with Crippen LogP contribution in [-0.4, -0.2) is 66.1 Å². The van der Waals surface area contributed by atoms with Crippen LogP contribution in [0.2, 0.25) is 5.02 Å². The normalized spacial score (nSPS) is 20.9. The Bertz CT molecular complexity index is 924. The Morgan fingerprint density at radius 2 is 2.17 bits per heavy atom. The molecule has 8 heteroatoms. The van der Waals surface area contributed by atoms with Crippen LogP contribution < -0.4 is 5.32 Å². The second-order valence-electron chi connectivity index (χ2n) is 8.40. The largest absolute Gasteiger partial charge is 0.379 e. The van der Waals surface area contributed by atoms with Crippen LogP contribution in [0.5, 0.6) is 0 Å². The molecule has 29 heavy (non-hydrogen) atoms. The highest BCUT2D eigenvalue weighted by molar-refractivity contribution is 6.31. The Morgan fingerprint density at radius 1 is 1.38 bits per heavy atom. The van der Waals surface area contributed by atoms with Gasteiger partial charge in [-0.05, 0) is 44.0 Å². The molecule has 2 aromatic rings. The Balaban J connectivity index is 1.33. The van der Waals surface area contributed by atoms with E-state index in [1.54, 1.807) is 11.9 Å². The average molecular weight is 419 g/mol. The van der Waals surface area contributed by atoms with E-state index in [-0.39, 0.29) is 18.0 Å². The number of amides is 3. The first-order chi connectivity index (χ1) is 13.9. The highest BCUT2D eigenvalue weighted by atomic mass is 35.5. The number of nitrogens with zero attached hydrogens (tertiary/aromatic N) is 2. The van der Waals surface area contributed by atoms with Gasteiger partial charge in [-0.15, -0.1) is 0 Å². The minimum atomic E-state index is -0.402. The maximum absolute atomic E-state index is 12.8. The lowest BCUT2D eigenvalue weighted by Crippen LogP contribution is -2.58. The van der Waals surface area contributed by atoms with E-state index in [2.05, 4.69) is 10.3 Å². The zero-order valence-corrected chi connectivity index (χ0v) is 17.6. The molecule has 2 aliphatic heterocycles. The third kappa shape index (κ3) is 4.07. The lowest BCUT2D eigenvalue weighted by Gasteiger charge is -2.44. The van der Waals surface area contributed by atoms with Gasteiger partial charge in [0.2, 0.25) is 5.91 Å². The number of aromatic amines is 1. The van der Waals surface area contributed by atoms with Gasteiger partial charge in [0.1, 0.15) is 0 Å². The van der Waals surface area contributed by atoms with Crippen LogP contribution in [-0.2, 0) is 16.1 Å². The van der Waals surface area contributed by atoms with Crippen molar-refractivity contribution in [2.24, 2.45) is 5.41 Å². The van der Waals surface area contributed by atoms with Gasteiger partial charge in [0.05, 0.1) is 31.2 Å². The second-order valence-corrected chi connectivity index (χ2v) is 8.83. The molecule has 4 rings (SSSR count). The second kappa shape index (κ2) is 7.88. The molecule has 3 amide bonds. The Labute approximate surface area is 175 Å². The predicted octanol–water partition coefficient (Wildman–Crippen LogP) is 2.99. The number of rotatable bonds is 4. The summed E-state index contributed by atoms with van der Waals surface area (Å²) in [5.41, 5.74) is 1.51. The summed E-state index contributed by atoms with van der Waals surface area (Å²) in [6, 6.07) is 7.52. The third-order valence-electron chi connectivity index (χ3n) is 5.98. The molecule has 3 heterocycles. The van der Waals surface area contributed by atoms with Crippen LogP contribution in [0, 0.1) is 5.41 Å². The van der Waals surface area contributed by atoms with Gasteiger partial charge in [0.15, 0.2) is 0 Å². The predicted molar refractivity (Wildman–Crippen MR) is 112 cm³/mol. The van der Waals surface area contributed by atoms with Crippen LogP contribution in [0.3, 0.4) is 0 Å². The molecule has 0 bridgehead atoms. The smallest absolute Gasteiger partial charge is 0.317 e. The van der Waals surface area contributed by atoms with E-state index >= 15 is 0 Å². The fourth-order valence-electron chi connectivity index (χ4n) is 4.09. The summed E-state index contributed by atoms with van der Waals surface area (Å²) < 4.78 is 5.23. The van der Waals surface area contributed by atoms with Crippen LogP contribution in [0.4, 0.5) is 4.79 Å². The maximum Gasteiger partial charge on any atom is 0.317 e. The fraction of sp³-hybridized carbons (Fsp3) is 0.524. The van der Waals surface area contributed by atoms with E-state index in [1.807, 2.05) is 36.1 Å². The summed E-state index contributed by atoms with van der Waals surface area (Å²) in [5, 5.41) is 4.67. The lowest BCUT2D eigenvalue weighted by molar-refractivity contribution is -0.170.